The van der Waals surface area contributed by atoms with E-state index in [1.54, 1.807) is 23.3 Å². The van der Waals surface area contributed by atoms with Gasteiger partial charge in [-0.05, 0) is 30.7 Å². The zero-order valence-corrected chi connectivity index (χ0v) is 13.5. The van der Waals surface area contributed by atoms with Gasteiger partial charge >= 0.3 is 0 Å². The van der Waals surface area contributed by atoms with Crippen LogP contribution in [-0.2, 0) is 4.79 Å². The van der Waals surface area contributed by atoms with E-state index in [0.717, 1.165) is 5.69 Å². The summed E-state index contributed by atoms with van der Waals surface area (Å²) in [6.45, 7) is 0.774. The van der Waals surface area contributed by atoms with Gasteiger partial charge in [0.15, 0.2) is 0 Å². The number of fused-ring (bicyclic) bond motifs is 1. The lowest BCUT2D eigenvalue weighted by atomic mass is 10.1. The van der Waals surface area contributed by atoms with Gasteiger partial charge in [0.25, 0.3) is 5.91 Å². The maximum atomic E-state index is 14.3. The number of hydrogen-bond acceptors (Lipinski definition) is 3. The zero-order chi connectivity index (χ0) is 17.4. The molecule has 0 aromatic heterocycles. The normalized spacial score (nSPS) is 21.4. The van der Waals surface area contributed by atoms with E-state index in [1.807, 2.05) is 35.3 Å². The third-order valence-electron chi connectivity index (χ3n) is 4.46. The number of nitrogens with one attached hydrogen (secondary N) is 1. The Morgan fingerprint density at radius 3 is 2.68 bits per heavy atom. The molecule has 0 spiro atoms. The Bertz CT molecular complexity index is 838. The second-order valence-corrected chi connectivity index (χ2v) is 6.14. The number of anilines is 2. The van der Waals surface area contributed by atoms with Crippen LogP contribution >= 0.6 is 0 Å². The van der Waals surface area contributed by atoms with Crippen LogP contribution in [0.1, 0.15) is 12.0 Å². The van der Waals surface area contributed by atoms with Crippen LogP contribution in [0.2, 0.25) is 0 Å². The average Bonchev–Trinajstić information content (AvgIpc) is 3.17. The topological polar surface area (TPSA) is 35.6 Å². The van der Waals surface area contributed by atoms with Gasteiger partial charge in [-0.15, -0.1) is 0 Å². The van der Waals surface area contributed by atoms with E-state index in [4.69, 9.17) is 0 Å². The highest BCUT2D eigenvalue weighted by molar-refractivity contribution is 6.31. The highest BCUT2D eigenvalue weighted by Gasteiger charge is 2.31. The lowest BCUT2D eigenvalue weighted by Crippen LogP contribution is -2.38. The fourth-order valence-electron chi connectivity index (χ4n) is 3.25. The maximum Gasteiger partial charge on any atom is 0.258 e. The summed E-state index contributed by atoms with van der Waals surface area (Å²) in [7, 11) is 0. The molecule has 1 N–H and O–H groups in total. The smallest absolute Gasteiger partial charge is 0.258 e. The molecular formula is C19H17F2N3O. The fraction of sp³-hybridized carbons (Fsp3) is 0.211. The van der Waals surface area contributed by atoms with E-state index in [-0.39, 0.29) is 23.6 Å². The molecule has 4 rings (SSSR count). The fourth-order valence-corrected chi connectivity index (χ4v) is 3.25. The van der Waals surface area contributed by atoms with Gasteiger partial charge in [-0.25, -0.2) is 13.8 Å². The van der Waals surface area contributed by atoms with Crippen molar-refractivity contribution in [2.75, 3.05) is 23.4 Å². The number of halogens is 2. The average molecular weight is 341 g/mol. The predicted octanol–water partition coefficient (Wildman–Crippen LogP) is 3.58. The molecule has 2 aliphatic heterocycles. The number of benzene rings is 2. The molecule has 2 heterocycles. The lowest BCUT2D eigenvalue weighted by molar-refractivity contribution is -0.110. The van der Waals surface area contributed by atoms with Crippen molar-refractivity contribution in [2.45, 2.75) is 12.6 Å². The van der Waals surface area contributed by atoms with Gasteiger partial charge in [0.2, 0.25) is 0 Å². The van der Waals surface area contributed by atoms with Crippen molar-refractivity contribution in [1.29, 1.82) is 0 Å². The summed E-state index contributed by atoms with van der Waals surface area (Å²) < 4.78 is 28.0. The first-order valence-corrected chi connectivity index (χ1v) is 8.19. The van der Waals surface area contributed by atoms with Gasteiger partial charge in [0.05, 0.1) is 16.9 Å². The molecule has 0 aliphatic carbocycles. The summed E-state index contributed by atoms with van der Waals surface area (Å²) in [5, 5.41) is 6.26. The Labute approximate surface area is 144 Å². The molecule has 1 fully saturated rings. The SMILES string of the molecule is O=C1Nc2cccc(F)c2C1=CN(c1ccccc1)N1CCC(F)C1. The van der Waals surface area contributed by atoms with E-state index < -0.39 is 12.0 Å². The lowest BCUT2D eigenvalue weighted by Gasteiger charge is -2.31. The molecule has 2 aliphatic rings. The third-order valence-corrected chi connectivity index (χ3v) is 4.46. The minimum absolute atomic E-state index is 0.235. The number of nitrogens with zero attached hydrogens (tertiary/aromatic N) is 2. The third kappa shape index (κ3) is 2.89. The Morgan fingerprint density at radius 2 is 1.96 bits per heavy atom. The molecule has 4 nitrogen and oxygen atoms in total. The van der Waals surface area contributed by atoms with Gasteiger partial charge < -0.3 is 5.32 Å². The summed E-state index contributed by atoms with van der Waals surface area (Å²) in [6.07, 6.45) is 1.12. The summed E-state index contributed by atoms with van der Waals surface area (Å²) in [4.78, 5) is 12.4. The molecule has 0 radical (unpaired) electrons. The van der Waals surface area contributed by atoms with Crippen LogP contribution in [0.25, 0.3) is 5.57 Å². The van der Waals surface area contributed by atoms with Crippen LogP contribution in [0.5, 0.6) is 0 Å². The molecule has 1 saturated heterocycles. The second kappa shape index (κ2) is 6.29. The molecule has 1 amide bonds. The van der Waals surface area contributed by atoms with Crippen molar-refractivity contribution in [3.63, 3.8) is 0 Å². The molecule has 2 aromatic carbocycles. The van der Waals surface area contributed by atoms with Crippen molar-refractivity contribution in [2.24, 2.45) is 0 Å². The Kier molecular flexibility index (Phi) is 3.97. The van der Waals surface area contributed by atoms with Crippen molar-refractivity contribution in [3.8, 4) is 0 Å². The molecule has 25 heavy (non-hydrogen) atoms. The second-order valence-electron chi connectivity index (χ2n) is 6.14. The molecule has 0 saturated carbocycles. The van der Waals surface area contributed by atoms with Crippen LogP contribution in [0.15, 0.2) is 54.7 Å². The minimum Gasteiger partial charge on any atom is -0.321 e. The van der Waals surface area contributed by atoms with Crippen molar-refractivity contribution >= 4 is 22.9 Å². The first-order chi connectivity index (χ1) is 12.1. The minimum atomic E-state index is -0.911. The van der Waals surface area contributed by atoms with E-state index >= 15 is 0 Å². The summed E-state index contributed by atoms with van der Waals surface area (Å²) in [6, 6.07) is 13.9. The summed E-state index contributed by atoms with van der Waals surface area (Å²) in [5.41, 5.74) is 1.74. The maximum absolute atomic E-state index is 14.3. The van der Waals surface area contributed by atoms with Crippen LogP contribution in [0, 0.1) is 5.82 Å². The highest BCUT2D eigenvalue weighted by atomic mass is 19.1. The Balaban J connectivity index is 1.79. The molecule has 1 unspecified atom stereocenters. The number of carbonyl (C=O) groups is 1. The van der Waals surface area contributed by atoms with E-state index in [0.29, 0.717) is 18.7 Å². The molecule has 1 atom stereocenters. The highest BCUT2D eigenvalue weighted by Crippen LogP contribution is 2.35. The molecular weight excluding hydrogens is 324 g/mol. The molecule has 2 aromatic rings. The van der Waals surface area contributed by atoms with Crippen molar-refractivity contribution in [3.05, 3.63) is 66.1 Å². The quantitative estimate of drug-likeness (QED) is 0.867. The Morgan fingerprint density at radius 1 is 1.16 bits per heavy atom. The van der Waals surface area contributed by atoms with Gasteiger partial charge in [-0.1, -0.05) is 24.3 Å². The van der Waals surface area contributed by atoms with Crippen LogP contribution < -0.4 is 10.3 Å². The number of amides is 1. The van der Waals surface area contributed by atoms with E-state index in [9.17, 15) is 13.6 Å². The largest absolute Gasteiger partial charge is 0.321 e. The molecule has 128 valence electrons. The monoisotopic (exact) mass is 341 g/mol. The predicted molar refractivity (Wildman–Crippen MR) is 93.0 cm³/mol. The standard InChI is InChI=1S/C19H17F2N3O/c20-13-9-10-23(11-13)24(14-5-2-1-3-6-14)12-15-18-16(21)7-4-8-17(18)22-19(15)25/h1-8,12-13H,9-11H2,(H,22,25). The summed E-state index contributed by atoms with van der Waals surface area (Å²) in [5.74, 6) is -0.822. The van der Waals surface area contributed by atoms with Crippen LogP contribution in [-0.4, -0.2) is 30.2 Å². The summed E-state index contributed by atoms with van der Waals surface area (Å²) >= 11 is 0. The number of para-hydroxylation sites is 1. The number of rotatable bonds is 3. The zero-order valence-electron chi connectivity index (χ0n) is 13.5. The number of hydrogen-bond donors (Lipinski definition) is 1. The van der Waals surface area contributed by atoms with Gasteiger partial charge in [-0.2, -0.15) is 0 Å². The van der Waals surface area contributed by atoms with Crippen molar-refractivity contribution in [1.82, 2.24) is 5.01 Å². The number of alkyl halides is 1. The van der Waals surface area contributed by atoms with Gasteiger partial charge in [-0.3, -0.25) is 9.80 Å². The van der Waals surface area contributed by atoms with E-state index in [1.165, 1.54) is 6.07 Å². The first kappa shape index (κ1) is 15.8. The van der Waals surface area contributed by atoms with Gasteiger partial charge in [0.1, 0.15) is 12.0 Å². The first-order valence-electron chi connectivity index (χ1n) is 8.19. The van der Waals surface area contributed by atoms with Crippen molar-refractivity contribution < 1.29 is 13.6 Å². The Hall–Kier alpha value is -2.73. The molecule has 6 heteroatoms. The molecule has 0 bridgehead atoms. The van der Waals surface area contributed by atoms with Gasteiger partial charge in [0, 0.05) is 24.9 Å². The number of hydrazine groups is 1. The number of carbonyl (C=O) groups excluding carboxylic acids is 1. The van der Waals surface area contributed by atoms with Crippen LogP contribution in [0.3, 0.4) is 0 Å². The van der Waals surface area contributed by atoms with E-state index in [2.05, 4.69) is 5.32 Å². The van der Waals surface area contributed by atoms with Crippen LogP contribution in [0.4, 0.5) is 20.2 Å².